The summed E-state index contributed by atoms with van der Waals surface area (Å²) in [5.41, 5.74) is 4.46. The van der Waals surface area contributed by atoms with Gasteiger partial charge in [0.05, 0.1) is 12.0 Å². The van der Waals surface area contributed by atoms with E-state index in [1.165, 1.54) is 12.0 Å². The Morgan fingerprint density at radius 1 is 1.09 bits per heavy atom. The molecule has 1 saturated heterocycles. The first-order chi connectivity index (χ1) is 16.4. The summed E-state index contributed by atoms with van der Waals surface area (Å²) in [5.74, 6) is -1.98. The van der Waals surface area contributed by atoms with E-state index in [1.807, 2.05) is 36.4 Å². The highest BCUT2D eigenvalue weighted by Gasteiger charge is 2.36. The van der Waals surface area contributed by atoms with Crippen molar-refractivity contribution in [1.82, 2.24) is 10.2 Å². The van der Waals surface area contributed by atoms with E-state index < -0.39 is 30.1 Å². The minimum Gasteiger partial charge on any atom is -0.481 e. The number of likely N-dealkylation sites (tertiary alicyclic amines) is 1. The maximum absolute atomic E-state index is 13.2. The number of nitrogens with zero attached hydrogens (tertiary/aromatic N) is 1. The number of rotatable bonds is 7. The minimum atomic E-state index is -0.979. The Bertz CT molecular complexity index is 1030. The zero-order chi connectivity index (χ0) is 24.2. The second-order valence-electron chi connectivity index (χ2n) is 8.85. The fraction of sp³-hybridized carbons (Fsp3) is 0.423. The largest absolute Gasteiger partial charge is 0.481 e. The fourth-order valence-electron chi connectivity index (χ4n) is 4.86. The predicted octanol–water partition coefficient (Wildman–Crippen LogP) is 3.25. The van der Waals surface area contributed by atoms with Crippen LogP contribution in [0.3, 0.4) is 0 Å². The fourth-order valence-corrected chi connectivity index (χ4v) is 4.86. The van der Waals surface area contributed by atoms with Gasteiger partial charge in [-0.25, -0.2) is 4.79 Å². The average Bonchev–Trinajstić information content (AvgIpc) is 3.19. The number of benzene rings is 2. The molecule has 2 N–H and O–H groups in total. The van der Waals surface area contributed by atoms with Crippen molar-refractivity contribution in [2.24, 2.45) is 5.92 Å². The van der Waals surface area contributed by atoms with Gasteiger partial charge in [-0.05, 0) is 42.0 Å². The third kappa shape index (κ3) is 4.77. The lowest BCUT2D eigenvalue weighted by Crippen LogP contribution is -2.56. The van der Waals surface area contributed by atoms with E-state index in [0.717, 1.165) is 22.3 Å². The van der Waals surface area contributed by atoms with Gasteiger partial charge < -0.3 is 24.8 Å². The molecule has 8 heteroatoms. The maximum atomic E-state index is 13.2. The molecule has 0 bridgehead atoms. The molecular weight excluding hydrogens is 436 g/mol. The normalized spacial score (nSPS) is 19.0. The molecule has 2 aliphatic rings. The molecule has 1 aliphatic carbocycles. The van der Waals surface area contributed by atoms with E-state index in [9.17, 15) is 19.5 Å². The summed E-state index contributed by atoms with van der Waals surface area (Å²) in [4.78, 5) is 38.8. The van der Waals surface area contributed by atoms with Crippen LogP contribution in [-0.2, 0) is 19.1 Å². The third-order valence-electron chi connectivity index (χ3n) is 6.81. The van der Waals surface area contributed by atoms with Gasteiger partial charge in [-0.3, -0.25) is 9.59 Å². The number of hydrogen-bond donors (Lipinski definition) is 2. The van der Waals surface area contributed by atoms with Gasteiger partial charge in [-0.2, -0.15) is 0 Å². The van der Waals surface area contributed by atoms with Crippen LogP contribution in [-0.4, -0.2) is 66.9 Å². The molecule has 1 fully saturated rings. The summed E-state index contributed by atoms with van der Waals surface area (Å²) in [5, 5.41) is 12.0. The highest BCUT2D eigenvalue weighted by atomic mass is 16.5. The average molecular weight is 467 g/mol. The topological polar surface area (TPSA) is 105 Å². The Morgan fingerprint density at radius 2 is 1.71 bits per heavy atom. The van der Waals surface area contributed by atoms with Crippen LogP contribution in [0.25, 0.3) is 11.1 Å². The Labute approximate surface area is 198 Å². The first kappa shape index (κ1) is 23.8. The van der Waals surface area contributed by atoms with Crippen molar-refractivity contribution in [3.8, 4) is 11.1 Å². The quantitative estimate of drug-likeness (QED) is 0.649. The van der Waals surface area contributed by atoms with Crippen LogP contribution in [0.4, 0.5) is 4.79 Å². The molecule has 2 unspecified atom stereocenters. The second kappa shape index (κ2) is 10.3. The standard InChI is InChI=1S/C26H30N2O6/c1-16(33-2)23(24(29)28-13-7-8-17(14-28)25(30)31)27-26(32)34-15-22-20-11-5-3-9-18(20)19-10-4-6-12-21(19)22/h3-6,9-12,16-17,22-23H,7-8,13-15H2,1-2H3,(H,27,32)(H,30,31)/t16?,17-,23?/m0/s1. The van der Waals surface area contributed by atoms with E-state index in [0.29, 0.717) is 19.4 Å². The van der Waals surface area contributed by atoms with E-state index in [1.54, 1.807) is 6.92 Å². The molecule has 180 valence electrons. The van der Waals surface area contributed by atoms with E-state index in [4.69, 9.17) is 9.47 Å². The molecule has 34 heavy (non-hydrogen) atoms. The first-order valence-corrected chi connectivity index (χ1v) is 11.6. The number of alkyl carbamates (subject to hydrolysis) is 1. The van der Waals surface area contributed by atoms with Gasteiger partial charge >= 0.3 is 12.1 Å². The predicted molar refractivity (Wildman–Crippen MR) is 125 cm³/mol. The monoisotopic (exact) mass is 466 g/mol. The first-order valence-electron chi connectivity index (χ1n) is 11.6. The van der Waals surface area contributed by atoms with Crippen LogP contribution in [0.15, 0.2) is 48.5 Å². The number of carbonyl (C=O) groups excluding carboxylic acids is 2. The molecule has 1 heterocycles. The summed E-state index contributed by atoms with van der Waals surface area (Å²) in [6.45, 7) is 2.38. The van der Waals surface area contributed by atoms with Crippen molar-refractivity contribution in [2.75, 3.05) is 26.8 Å². The lowest BCUT2D eigenvalue weighted by atomic mass is 9.97. The van der Waals surface area contributed by atoms with Gasteiger partial charge in [0.1, 0.15) is 12.6 Å². The number of carboxylic acid groups (broad SMARTS) is 1. The summed E-state index contributed by atoms with van der Waals surface area (Å²) in [6, 6.07) is 15.1. The van der Waals surface area contributed by atoms with Crippen molar-refractivity contribution < 1.29 is 29.0 Å². The smallest absolute Gasteiger partial charge is 0.407 e. The number of amides is 2. The molecule has 0 spiro atoms. The molecular formula is C26H30N2O6. The number of aliphatic carboxylic acids is 1. The van der Waals surface area contributed by atoms with Gasteiger partial charge in [-0.1, -0.05) is 48.5 Å². The zero-order valence-corrected chi connectivity index (χ0v) is 19.4. The second-order valence-corrected chi connectivity index (χ2v) is 8.85. The molecule has 2 aromatic carbocycles. The number of fused-ring (bicyclic) bond motifs is 3. The molecule has 4 rings (SSSR count). The van der Waals surface area contributed by atoms with Crippen molar-refractivity contribution >= 4 is 18.0 Å². The van der Waals surface area contributed by atoms with Crippen LogP contribution in [0, 0.1) is 5.92 Å². The minimum absolute atomic E-state index is 0.0921. The Balaban J connectivity index is 1.43. The summed E-state index contributed by atoms with van der Waals surface area (Å²) < 4.78 is 10.9. The summed E-state index contributed by atoms with van der Waals surface area (Å²) in [7, 11) is 1.46. The molecule has 3 atom stereocenters. The molecule has 1 aliphatic heterocycles. The third-order valence-corrected chi connectivity index (χ3v) is 6.81. The summed E-state index contributed by atoms with van der Waals surface area (Å²) >= 11 is 0. The van der Waals surface area contributed by atoms with E-state index in [-0.39, 0.29) is 25.0 Å². The molecule has 0 aromatic heterocycles. The van der Waals surface area contributed by atoms with Crippen molar-refractivity contribution in [2.45, 2.75) is 37.8 Å². The lowest BCUT2D eigenvalue weighted by molar-refractivity contribution is -0.147. The van der Waals surface area contributed by atoms with Crippen LogP contribution in [0.5, 0.6) is 0 Å². The number of nitrogens with one attached hydrogen (secondary N) is 1. The van der Waals surface area contributed by atoms with Gasteiger partial charge in [0.2, 0.25) is 5.91 Å². The van der Waals surface area contributed by atoms with Crippen LogP contribution >= 0.6 is 0 Å². The Kier molecular flexibility index (Phi) is 7.17. The van der Waals surface area contributed by atoms with Crippen molar-refractivity contribution in [3.63, 3.8) is 0 Å². The number of carboxylic acids is 1. The highest BCUT2D eigenvalue weighted by Crippen LogP contribution is 2.44. The number of ether oxygens (including phenoxy) is 2. The number of piperidine rings is 1. The lowest BCUT2D eigenvalue weighted by Gasteiger charge is -2.34. The zero-order valence-electron chi connectivity index (χ0n) is 19.4. The molecule has 2 aromatic rings. The summed E-state index contributed by atoms with van der Waals surface area (Å²) in [6.07, 6.45) is -0.195. The van der Waals surface area contributed by atoms with E-state index in [2.05, 4.69) is 17.4 Å². The number of carbonyl (C=O) groups is 3. The molecule has 0 saturated carbocycles. The molecule has 0 radical (unpaired) electrons. The van der Waals surface area contributed by atoms with Crippen molar-refractivity contribution in [1.29, 1.82) is 0 Å². The van der Waals surface area contributed by atoms with E-state index >= 15 is 0 Å². The van der Waals surface area contributed by atoms with Crippen molar-refractivity contribution in [3.05, 3.63) is 59.7 Å². The van der Waals surface area contributed by atoms with Crippen LogP contribution < -0.4 is 5.32 Å². The SMILES string of the molecule is COC(C)C(NC(=O)OCC1c2ccccc2-c2ccccc21)C(=O)N1CCC[C@H](C(=O)O)C1. The number of hydrogen-bond acceptors (Lipinski definition) is 5. The van der Waals surface area contributed by atoms with Gasteiger partial charge in [0.25, 0.3) is 0 Å². The van der Waals surface area contributed by atoms with Crippen LogP contribution in [0.1, 0.15) is 36.8 Å². The Hall–Kier alpha value is -3.39. The van der Waals surface area contributed by atoms with Crippen LogP contribution in [0.2, 0.25) is 0 Å². The van der Waals surface area contributed by atoms with Gasteiger partial charge in [0, 0.05) is 26.1 Å². The highest BCUT2D eigenvalue weighted by molar-refractivity contribution is 5.87. The maximum Gasteiger partial charge on any atom is 0.407 e. The molecule has 2 amide bonds. The van der Waals surface area contributed by atoms with Gasteiger partial charge in [0.15, 0.2) is 0 Å². The Morgan fingerprint density at radius 3 is 2.29 bits per heavy atom. The molecule has 8 nitrogen and oxygen atoms in total. The number of methoxy groups -OCH3 is 1. The van der Waals surface area contributed by atoms with Gasteiger partial charge in [-0.15, -0.1) is 0 Å².